The molecule has 0 spiro atoms. The minimum atomic E-state index is -0.431. The Labute approximate surface area is 171 Å². The van der Waals surface area contributed by atoms with Crippen LogP contribution >= 0.6 is 11.3 Å². The summed E-state index contributed by atoms with van der Waals surface area (Å²) < 4.78 is 14.2. The summed E-state index contributed by atoms with van der Waals surface area (Å²) in [6, 6.07) is 5.73. The summed E-state index contributed by atoms with van der Waals surface area (Å²) in [5, 5.41) is 2.49. The van der Waals surface area contributed by atoms with Crippen molar-refractivity contribution in [3.63, 3.8) is 0 Å². The minimum Gasteiger partial charge on any atom is -0.465 e. The van der Waals surface area contributed by atoms with Gasteiger partial charge in [-0.3, -0.25) is 9.59 Å². The van der Waals surface area contributed by atoms with Crippen LogP contribution < -0.4 is 9.61 Å². The highest BCUT2D eigenvalue weighted by atomic mass is 32.1. The van der Waals surface area contributed by atoms with Crippen LogP contribution in [0.3, 0.4) is 0 Å². The van der Waals surface area contributed by atoms with Gasteiger partial charge in [-0.25, -0.2) is 4.79 Å². The summed E-state index contributed by atoms with van der Waals surface area (Å²) in [7, 11) is 1.36. The molecule has 0 saturated heterocycles. The molecule has 1 saturated carbocycles. The van der Waals surface area contributed by atoms with Crippen LogP contribution in [0.25, 0.3) is 10.9 Å². The number of benzene rings is 1. The van der Waals surface area contributed by atoms with Crippen molar-refractivity contribution in [1.29, 1.82) is 0 Å². The van der Waals surface area contributed by atoms with Gasteiger partial charge in [-0.2, -0.15) is 0 Å². The Morgan fingerprint density at radius 3 is 2.62 bits per heavy atom. The van der Waals surface area contributed by atoms with Crippen LogP contribution in [0.1, 0.15) is 47.1 Å². The Balaban J connectivity index is 1.59. The van der Waals surface area contributed by atoms with Gasteiger partial charge in [0.25, 0.3) is 0 Å². The monoisotopic (exact) mass is 414 g/mol. The first kappa shape index (κ1) is 19.4. The first-order valence-corrected chi connectivity index (χ1v) is 10.4. The fourth-order valence-electron chi connectivity index (χ4n) is 3.71. The van der Waals surface area contributed by atoms with E-state index in [9.17, 15) is 14.4 Å². The van der Waals surface area contributed by atoms with E-state index in [2.05, 4.69) is 4.57 Å². The van der Waals surface area contributed by atoms with Crippen molar-refractivity contribution in [2.24, 2.45) is 0 Å². The van der Waals surface area contributed by atoms with Gasteiger partial charge >= 0.3 is 16.8 Å². The summed E-state index contributed by atoms with van der Waals surface area (Å²) in [5.41, 5.74) is 3.14. The van der Waals surface area contributed by atoms with E-state index in [1.165, 1.54) is 7.11 Å². The van der Waals surface area contributed by atoms with Gasteiger partial charge in [0.1, 0.15) is 5.75 Å². The van der Waals surface area contributed by atoms with Crippen molar-refractivity contribution in [3.8, 4) is 5.75 Å². The van der Waals surface area contributed by atoms with Crippen molar-refractivity contribution < 1.29 is 19.1 Å². The van der Waals surface area contributed by atoms with Gasteiger partial charge in [0.05, 0.1) is 19.1 Å². The quantitative estimate of drug-likeness (QED) is 0.455. The lowest BCUT2D eigenvalue weighted by Gasteiger charge is -2.08. The van der Waals surface area contributed by atoms with E-state index in [0.29, 0.717) is 17.4 Å². The highest BCUT2D eigenvalue weighted by Crippen LogP contribution is 2.42. The molecule has 2 heterocycles. The second-order valence-electron chi connectivity index (χ2n) is 7.25. The van der Waals surface area contributed by atoms with Gasteiger partial charge in [-0.05, 0) is 44.9 Å². The number of fused-ring (bicyclic) bond motifs is 1. The Morgan fingerprint density at radius 2 is 2.00 bits per heavy atom. The van der Waals surface area contributed by atoms with Crippen LogP contribution in [0.15, 0.2) is 28.4 Å². The fourth-order valence-corrected chi connectivity index (χ4v) is 4.47. The average Bonchev–Trinajstić information content (AvgIpc) is 3.42. The molecule has 0 bridgehead atoms. The molecular weight excluding hydrogens is 392 g/mol. The molecule has 0 N–H and O–H groups in total. The molecule has 2 aromatic heterocycles. The molecule has 0 radical (unpaired) electrons. The first-order chi connectivity index (χ1) is 13.9. The number of aryl methyl sites for hydroxylation is 1. The topological polar surface area (TPSA) is 79.5 Å². The standard InChI is InChI=1S/C21H22N2O5S/c1-12-11-29-21(26)22(12)9-8-18(24)28-15-6-7-17-16(10-15)19(20(25)27-3)13(2)23(17)14-4-5-14/h6-7,10-11,14H,4-5,8-9H2,1-3H3. The zero-order chi connectivity index (χ0) is 20.7. The van der Waals surface area contributed by atoms with E-state index in [4.69, 9.17) is 9.47 Å². The zero-order valence-corrected chi connectivity index (χ0v) is 17.4. The van der Waals surface area contributed by atoms with Crippen LogP contribution in [0, 0.1) is 13.8 Å². The second-order valence-corrected chi connectivity index (χ2v) is 8.07. The van der Waals surface area contributed by atoms with E-state index in [-0.39, 0.29) is 17.8 Å². The average molecular weight is 414 g/mol. The van der Waals surface area contributed by atoms with Crippen LogP contribution in [-0.4, -0.2) is 28.2 Å². The number of thiazole rings is 1. The maximum Gasteiger partial charge on any atom is 0.340 e. The van der Waals surface area contributed by atoms with Gasteiger partial charge in [0.15, 0.2) is 0 Å². The summed E-state index contributed by atoms with van der Waals surface area (Å²) in [6.45, 7) is 4.02. The normalized spacial score (nSPS) is 13.6. The summed E-state index contributed by atoms with van der Waals surface area (Å²) in [5.74, 6) is -0.461. The molecule has 0 atom stereocenters. The number of methoxy groups -OCH3 is 1. The number of carbonyl (C=O) groups excluding carboxylic acids is 2. The Morgan fingerprint density at radius 1 is 1.24 bits per heavy atom. The van der Waals surface area contributed by atoms with Gasteiger partial charge < -0.3 is 18.6 Å². The van der Waals surface area contributed by atoms with Crippen molar-refractivity contribution in [3.05, 3.63) is 50.2 Å². The summed E-state index contributed by atoms with van der Waals surface area (Å²) in [4.78, 5) is 36.3. The maximum atomic E-state index is 12.4. The lowest BCUT2D eigenvalue weighted by atomic mass is 10.1. The number of ether oxygens (including phenoxy) is 2. The number of carbonyl (C=O) groups is 2. The number of aromatic nitrogens is 2. The van der Waals surface area contributed by atoms with E-state index >= 15 is 0 Å². The molecular formula is C21H22N2O5S. The van der Waals surface area contributed by atoms with Gasteiger partial charge in [0.2, 0.25) is 0 Å². The van der Waals surface area contributed by atoms with Crippen molar-refractivity contribution in [2.45, 2.75) is 45.7 Å². The van der Waals surface area contributed by atoms with Gasteiger partial charge in [-0.1, -0.05) is 11.3 Å². The van der Waals surface area contributed by atoms with Crippen LogP contribution in [0.5, 0.6) is 5.75 Å². The number of hydrogen-bond acceptors (Lipinski definition) is 6. The highest BCUT2D eigenvalue weighted by molar-refractivity contribution is 7.07. The highest BCUT2D eigenvalue weighted by Gasteiger charge is 2.30. The summed E-state index contributed by atoms with van der Waals surface area (Å²) in [6.07, 6.45) is 2.26. The van der Waals surface area contributed by atoms with Crippen molar-refractivity contribution in [1.82, 2.24) is 9.13 Å². The summed E-state index contributed by atoms with van der Waals surface area (Å²) >= 11 is 1.11. The lowest BCUT2D eigenvalue weighted by Crippen LogP contribution is -2.19. The molecule has 1 aromatic carbocycles. The molecule has 1 aliphatic rings. The minimum absolute atomic E-state index is 0.0848. The fraction of sp³-hybridized carbons (Fsp3) is 0.381. The van der Waals surface area contributed by atoms with E-state index in [0.717, 1.165) is 46.5 Å². The SMILES string of the molecule is COC(=O)c1c(C)n(C2CC2)c2ccc(OC(=O)CCn3c(C)csc3=O)cc12. The maximum absolute atomic E-state index is 12.4. The molecule has 1 fully saturated rings. The number of nitrogens with zero attached hydrogens (tertiary/aromatic N) is 2. The molecule has 0 amide bonds. The molecule has 3 aromatic rings. The third-order valence-electron chi connectivity index (χ3n) is 5.27. The molecule has 29 heavy (non-hydrogen) atoms. The zero-order valence-electron chi connectivity index (χ0n) is 16.6. The third-order valence-corrected chi connectivity index (χ3v) is 6.15. The smallest absolute Gasteiger partial charge is 0.340 e. The van der Waals surface area contributed by atoms with Gasteiger partial charge in [-0.15, -0.1) is 0 Å². The molecule has 1 aliphatic carbocycles. The van der Waals surface area contributed by atoms with Crippen LogP contribution in [0.4, 0.5) is 0 Å². The van der Waals surface area contributed by atoms with Crippen molar-refractivity contribution >= 4 is 34.2 Å². The lowest BCUT2D eigenvalue weighted by molar-refractivity contribution is -0.134. The van der Waals surface area contributed by atoms with E-state index in [1.807, 2.05) is 19.9 Å². The number of rotatable bonds is 6. The Hall–Kier alpha value is -2.87. The predicted molar refractivity (Wildman–Crippen MR) is 110 cm³/mol. The molecule has 4 rings (SSSR count). The largest absolute Gasteiger partial charge is 0.465 e. The molecule has 0 aliphatic heterocycles. The number of esters is 2. The molecule has 0 unspecified atom stereocenters. The molecule has 8 heteroatoms. The van der Waals surface area contributed by atoms with E-state index in [1.54, 1.807) is 22.1 Å². The van der Waals surface area contributed by atoms with Crippen molar-refractivity contribution in [2.75, 3.05) is 7.11 Å². The van der Waals surface area contributed by atoms with E-state index < -0.39 is 11.9 Å². The second kappa shape index (κ2) is 7.51. The van der Waals surface area contributed by atoms with Crippen LogP contribution in [0.2, 0.25) is 0 Å². The Kier molecular flexibility index (Phi) is 5.04. The van der Waals surface area contributed by atoms with Crippen LogP contribution in [-0.2, 0) is 16.1 Å². The Bertz CT molecular complexity index is 1170. The molecule has 7 nitrogen and oxygen atoms in total. The van der Waals surface area contributed by atoms with Gasteiger partial charge in [0, 0.05) is 40.3 Å². The first-order valence-electron chi connectivity index (χ1n) is 9.49. The molecule has 152 valence electrons. The number of hydrogen-bond donors (Lipinski definition) is 0. The third kappa shape index (κ3) is 3.60. The predicted octanol–water partition coefficient (Wildman–Crippen LogP) is 3.60.